The van der Waals surface area contributed by atoms with E-state index in [0.717, 1.165) is 28.8 Å². The number of benzene rings is 2. The molecule has 0 aliphatic heterocycles. The van der Waals surface area contributed by atoms with Gasteiger partial charge in [-0.25, -0.2) is 8.78 Å². The third-order valence-electron chi connectivity index (χ3n) is 5.18. The Hall–Kier alpha value is -2.26. The third kappa shape index (κ3) is 3.89. The number of halogens is 2. The van der Waals surface area contributed by atoms with Crippen LogP contribution in [-0.2, 0) is 6.42 Å². The molecule has 1 unspecified atom stereocenters. The van der Waals surface area contributed by atoms with Crippen molar-refractivity contribution < 1.29 is 8.78 Å². The molecule has 2 aromatic carbocycles. The monoisotopic (exact) mass is 380 g/mol. The van der Waals surface area contributed by atoms with Crippen LogP contribution in [0.15, 0.2) is 60.2 Å². The van der Waals surface area contributed by atoms with E-state index in [9.17, 15) is 8.78 Å². The molecule has 0 nitrogen and oxygen atoms in total. The van der Waals surface area contributed by atoms with Crippen LogP contribution in [0.3, 0.4) is 0 Å². The van der Waals surface area contributed by atoms with Gasteiger partial charge in [0.05, 0.1) is 5.56 Å². The Bertz CT molecular complexity index is 972. The van der Waals surface area contributed by atoms with Crippen LogP contribution in [0.5, 0.6) is 0 Å². The van der Waals surface area contributed by atoms with Crippen molar-refractivity contribution in [2.24, 2.45) is 5.92 Å². The number of allylic oxidation sites excluding steroid dienone is 2. The van der Waals surface area contributed by atoms with Crippen molar-refractivity contribution >= 4 is 11.3 Å². The molecular formula is C24H22F2S. The molecule has 0 fully saturated rings. The fourth-order valence-corrected chi connectivity index (χ4v) is 4.79. The molecule has 0 bridgehead atoms. The average molecular weight is 381 g/mol. The highest BCUT2D eigenvalue weighted by Crippen LogP contribution is 2.37. The van der Waals surface area contributed by atoms with Gasteiger partial charge >= 0.3 is 0 Å². The minimum atomic E-state index is -0.507. The smallest absolute Gasteiger partial charge is 0.135 e. The maximum absolute atomic E-state index is 14.8. The van der Waals surface area contributed by atoms with E-state index in [-0.39, 0.29) is 5.56 Å². The number of hydrogen-bond acceptors (Lipinski definition) is 1. The van der Waals surface area contributed by atoms with Gasteiger partial charge < -0.3 is 0 Å². The lowest BCUT2D eigenvalue weighted by molar-refractivity contribution is 0.591. The van der Waals surface area contributed by atoms with Crippen LogP contribution in [0.25, 0.3) is 21.6 Å². The lowest BCUT2D eigenvalue weighted by Gasteiger charge is -2.08. The van der Waals surface area contributed by atoms with Crippen molar-refractivity contribution in [1.82, 2.24) is 0 Å². The number of thiophene rings is 1. The third-order valence-corrected chi connectivity index (χ3v) is 6.28. The second-order valence-corrected chi connectivity index (χ2v) is 8.63. The molecule has 1 heterocycles. The van der Waals surface area contributed by atoms with Crippen molar-refractivity contribution in [3.63, 3.8) is 0 Å². The topological polar surface area (TPSA) is 0 Å². The SMILES string of the molecule is Cc1ccc(-c2cc(F)c(-c3ccc(CC4=CC(C)CC4)s3)c(F)c2)cc1. The molecule has 1 aliphatic carbocycles. The van der Waals surface area contributed by atoms with Crippen LogP contribution in [0.1, 0.15) is 30.2 Å². The van der Waals surface area contributed by atoms with Gasteiger partial charge in [-0.15, -0.1) is 11.3 Å². The molecule has 1 atom stereocenters. The van der Waals surface area contributed by atoms with Crippen LogP contribution < -0.4 is 0 Å². The van der Waals surface area contributed by atoms with E-state index in [1.807, 2.05) is 43.3 Å². The zero-order valence-corrected chi connectivity index (χ0v) is 16.4. The normalized spacial score (nSPS) is 16.6. The van der Waals surface area contributed by atoms with Crippen LogP contribution in [0.2, 0.25) is 0 Å². The van der Waals surface area contributed by atoms with E-state index in [1.165, 1.54) is 35.5 Å². The van der Waals surface area contributed by atoms with E-state index in [4.69, 9.17) is 0 Å². The first-order chi connectivity index (χ1) is 13.0. The van der Waals surface area contributed by atoms with E-state index in [0.29, 0.717) is 16.4 Å². The molecule has 0 amide bonds. The summed E-state index contributed by atoms with van der Waals surface area (Å²) in [5, 5.41) is 0. The van der Waals surface area contributed by atoms with E-state index in [1.54, 1.807) is 0 Å². The lowest BCUT2D eigenvalue weighted by Crippen LogP contribution is -1.91. The van der Waals surface area contributed by atoms with Gasteiger partial charge in [-0.2, -0.15) is 0 Å². The summed E-state index contributed by atoms with van der Waals surface area (Å²) in [6.45, 7) is 4.22. The molecule has 4 rings (SSSR count). The zero-order chi connectivity index (χ0) is 19.0. The van der Waals surface area contributed by atoms with Gasteiger partial charge in [0.15, 0.2) is 0 Å². The fraction of sp³-hybridized carbons (Fsp3) is 0.250. The predicted octanol–water partition coefficient (Wildman–Crippen LogP) is 7.57. The Morgan fingerprint density at radius 2 is 1.67 bits per heavy atom. The zero-order valence-electron chi connectivity index (χ0n) is 15.6. The molecule has 3 heteroatoms. The molecule has 27 heavy (non-hydrogen) atoms. The minimum absolute atomic E-state index is 0.0795. The molecular weight excluding hydrogens is 358 g/mol. The van der Waals surface area contributed by atoms with Crippen LogP contribution in [0.4, 0.5) is 8.78 Å². The van der Waals surface area contributed by atoms with E-state index < -0.39 is 11.6 Å². The summed E-state index contributed by atoms with van der Waals surface area (Å²) in [7, 11) is 0. The summed E-state index contributed by atoms with van der Waals surface area (Å²) < 4.78 is 29.6. The predicted molar refractivity (Wildman–Crippen MR) is 110 cm³/mol. The van der Waals surface area contributed by atoms with Crippen molar-refractivity contribution in [2.45, 2.75) is 33.1 Å². The standard InChI is InChI=1S/C24H22F2S/c1-15-4-7-18(8-5-15)19-13-21(25)24(22(26)14-19)23-10-9-20(27-23)12-17-6-3-16(2)11-17/h4-5,7-11,13-14,16H,3,6,12H2,1-2H3. The van der Waals surface area contributed by atoms with Gasteiger partial charge in [0.25, 0.3) is 0 Å². The first-order valence-electron chi connectivity index (χ1n) is 9.34. The Morgan fingerprint density at radius 1 is 0.963 bits per heavy atom. The molecule has 0 spiro atoms. The highest BCUT2D eigenvalue weighted by Gasteiger charge is 2.17. The first kappa shape index (κ1) is 18.1. The Balaban J connectivity index is 1.62. The van der Waals surface area contributed by atoms with Crippen LogP contribution in [0, 0.1) is 24.5 Å². The van der Waals surface area contributed by atoms with Gasteiger partial charge in [0.1, 0.15) is 11.6 Å². The van der Waals surface area contributed by atoms with Crippen molar-refractivity contribution in [1.29, 1.82) is 0 Å². The van der Waals surface area contributed by atoms with Gasteiger partial charge in [0, 0.05) is 16.2 Å². The second kappa shape index (κ2) is 7.40. The van der Waals surface area contributed by atoms with Crippen LogP contribution >= 0.6 is 11.3 Å². The quantitative estimate of drug-likeness (QED) is 0.410. The maximum Gasteiger partial charge on any atom is 0.135 e. The molecule has 0 saturated heterocycles. The molecule has 3 aromatic rings. The maximum atomic E-state index is 14.8. The van der Waals surface area contributed by atoms with E-state index >= 15 is 0 Å². The largest absolute Gasteiger partial charge is 0.206 e. The summed E-state index contributed by atoms with van der Waals surface area (Å²) in [5.74, 6) is -0.371. The average Bonchev–Trinajstić information content (AvgIpc) is 3.24. The van der Waals surface area contributed by atoms with Gasteiger partial charge in [-0.3, -0.25) is 0 Å². The molecule has 0 radical (unpaired) electrons. The molecule has 0 N–H and O–H groups in total. The summed E-state index contributed by atoms with van der Waals surface area (Å²) in [6.07, 6.45) is 5.55. The Morgan fingerprint density at radius 3 is 2.30 bits per heavy atom. The number of aryl methyl sites for hydroxylation is 1. The molecule has 1 aliphatic rings. The first-order valence-corrected chi connectivity index (χ1v) is 10.2. The number of rotatable bonds is 4. The summed E-state index contributed by atoms with van der Waals surface area (Å²) in [4.78, 5) is 1.81. The Labute approximate surface area is 163 Å². The van der Waals surface area contributed by atoms with Crippen molar-refractivity contribution in [3.05, 3.63) is 82.3 Å². The van der Waals surface area contributed by atoms with Gasteiger partial charge in [-0.1, -0.05) is 48.4 Å². The molecule has 138 valence electrons. The summed E-state index contributed by atoms with van der Waals surface area (Å²) in [5.41, 5.74) is 4.02. The second-order valence-electron chi connectivity index (χ2n) is 7.46. The lowest BCUT2D eigenvalue weighted by atomic mass is 10.0. The van der Waals surface area contributed by atoms with Crippen molar-refractivity contribution in [2.75, 3.05) is 0 Å². The summed E-state index contributed by atoms with van der Waals surface area (Å²) >= 11 is 1.49. The number of hydrogen-bond donors (Lipinski definition) is 0. The highest BCUT2D eigenvalue weighted by atomic mass is 32.1. The summed E-state index contributed by atoms with van der Waals surface area (Å²) in [6, 6.07) is 14.4. The molecule has 0 saturated carbocycles. The van der Waals surface area contributed by atoms with Crippen molar-refractivity contribution in [3.8, 4) is 21.6 Å². The Kier molecular flexibility index (Phi) is 4.96. The molecule has 1 aromatic heterocycles. The fourth-order valence-electron chi connectivity index (χ4n) is 3.68. The van der Waals surface area contributed by atoms with Gasteiger partial charge in [0.2, 0.25) is 0 Å². The highest BCUT2D eigenvalue weighted by molar-refractivity contribution is 7.15. The van der Waals surface area contributed by atoms with Crippen LogP contribution in [-0.4, -0.2) is 0 Å². The van der Waals surface area contributed by atoms with Gasteiger partial charge in [-0.05, 0) is 61.1 Å². The minimum Gasteiger partial charge on any atom is -0.206 e. The van der Waals surface area contributed by atoms with E-state index in [2.05, 4.69) is 13.0 Å².